The van der Waals surface area contributed by atoms with Gasteiger partial charge in [-0.1, -0.05) is 12.1 Å². The summed E-state index contributed by atoms with van der Waals surface area (Å²) in [6, 6.07) is 3.40. The smallest absolute Gasteiger partial charge is 0.419 e. The average Bonchev–Trinajstić information content (AvgIpc) is 2.24. The van der Waals surface area contributed by atoms with Crippen molar-refractivity contribution in [2.45, 2.75) is 6.18 Å². The van der Waals surface area contributed by atoms with Crippen molar-refractivity contribution in [1.82, 2.24) is 0 Å². The van der Waals surface area contributed by atoms with E-state index in [0.717, 1.165) is 25.3 Å². The molecule has 17 heavy (non-hydrogen) atoms. The first-order valence-electron chi connectivity index (χ1n) is 4.51. The molecule has 0 aliphatic rings. The first kappa shape index (κ1) is 13.1. The van der Waals surface area contributed by atoms with E-state index in [2.05, 4.69) is 4.74 Å². The molecule has 0 radical (unpaired) electrons. The number of para-hydroxylation sites is 1. The average molecular weight is 246 g/mol. The summed E-state index contributed by atoms with van der Waals surface area (Å²) in [6.07, 6.45) is -2.74. The van der Waals surface area contributed by atoms with E-state index in [1.807, 2.05) is 0 Å². The van der Waals surface area contributed by atoms with Crippen LogP contribution in [0.1, 0.15) is 11.1 Å². The molecule has 92 valence electrons. The number of aliphatic carboxylic acids is 1. The summed E-state index contributed by atoms with van der Waals surface area (Å²) in [5.74, 6) is -1.64. The molecule has 1 rings (SSSR count). The molecular formula is C11H9F3O3. The lowest BCUT2D eigenvalue weighted by molar-refractivity contribution is -0.138. The van der Waals surface area contributed by atoms with Crippen molar-refractivity contribution >= 4 is 12.0 Å². The molecule has 0 aliphatic heterocycles. The number of alkyl halides is 3. The lowest BCUT2D eigenvalue weighted by Gasteiger charge is -2.13. The lowest BCUT2D eigenvalue weighted by atomic mass is 10.1. The Morgan fingerprint density at radius 1 is 1.41 bits per heavy atom. The summed E-state index contributed by atoms with van der Waals surface area (Å²) >= 11 is 0. The fraction of sp³-hybridized carbons (Fsp3) is 0.182. The Labute approximate surface area is 95.1 Å². The van der Waals surface area contributed by atoms with Crippen LogP contribution in [0.15, 0.2) is 24.3 Å². The van der Waals surface area contributed by atoms with Gasteiger partial charge in [0.2, 0.25) is 0 Å². The van der Waals surface area contributed by atoms with Gasteiger partial charge >= 0.3 is 12.1 Å². The lowest BCUT2D eigenvalue weighted by Crippen LogP contribution is -2.08. The molecule has 0 atom stereocenters. The molecule has 0 amide bonds. The fourth-order valence-corrected chi connectivity index (χ4v) is 1.30. The van der Waals surface area contributed by atoms with Crippen molar-refractivity contribution in [3.63, 3.8) is 0 Å². The van der Waals surface area contributed by atoms with Gasteiger partial charge in [-0.25, -0.2) is 4.79 Å². The number of carboxylic acid groups (broad SMARTS) is 1. The van der Waals surface area contributed by atoms with Crippen molar-refractivity contribution in [2.24, 2.45) is 0 Å². The van der Waals surface area contributed by atoms with Crippen LogP contribution in [0.3, 0.4) is 0 Å². The third kappa shape index (κ3) is 3.24. The van der Waals surface area contributed by atoms with Crippen LogP contribution in [0, 0.1) is 0 Å². The zero-order valence-corrected chi connectivity index (χ0v) is 8.78. The Bertz CT molecular complexity index is 450. The maximum absolute atomic E-state index is 12.6. The van der Waals surface area contributed by atoms with Crippen molar-refractivity contribution < 1.29 is 27.8 Å². The van der Waals surface area contributed by atoms with Crippen LogP contribution >= 0.6 is 0 Å². The number of benzene rings is 1. The molecular weight excluding hydrogens is 237 g/mol. The monoisotopic (exact) mass is 246 g/mol. The Morgan fingerprint density at radius 3 is 2.53 bits per heavy atom. The summed E-state index contributed by atoms with van der Waals surface area (Å²) in [5, 5.41) is 8.42. The second-order valence-electron chi connectivity index (χ2n) is 3.10. The zero-order chi connectivity index (χ0) is 13.1. The first-order valence-corrected chi connectivity index (χ1v) is 4.51. The quantitative estimate of drug-likeness (QED) is 0.834. The maximum atomic E-state index is 12.6. The van der Waals surface area contributed by atoms with Crippen molar-refractivity contribution in [3.8, 4) is 5.75 Å². The Hall–Kier alpha value is -1.98. The van der Waals surface area contributed by atoms with Gasteiger partial charge in [0.25, 0.3) is 0 Å². The van der Waals surface area contributed by atoms with Gasteiger partial charge in [0, 0.05) is 11.6 Å². The number of hydrogen-bond acceptors (Lipinski definition) is 2. The molecule has 1 aromatic carbocycles. The van der Waals surface area contributed by atoms with E-state index in [-0.39, 0.29) is 5.56 Å². The highest BCUT2D eigenvalue weighted by molar-refractivity contribution is 5.86. The highest BCUT2D eigenvalue weighted by Crippen LogP contribution is 2.38. The first-order chi connectivity index (χ1) is 7.86. The number of carboxylic acids is 1. The fourth-order valence-electron chi connectivity index (χ4n) is 1.30. The highest BCUT2D eigenvalue weighted by Gasteiger charge is 2.34. The summed E-state index contributed by atoms with van der Waals surface area (Å²) in [4.78, 5) is 10.3. The van der Waals surface area contributed by atoms with Gasteiger partial charge in [-0.15, -0.1) is 0 Å². The molecule has 0 saturated carbocycles. The summed E-state index contributed by atoms with van der Waals surface area (Å²) in [7, 11) is 1.10. The predicted octanol–water partition coefficient (Wildman–Crippen LogP) is 2.81. The number of rotatable bonds is 3. The van der Waals surface area contributed by atoms with E-state index in [1.165, 1.54) is 12.1 Å². The molecule has 0 spiro atoms. The van der Waals surface area contributed by atoms with Gasteiger partial charge in [0.15, 0.2) is 0 Å². The van der Waals surface area contributed by atoms with Gasteiger partial charge in [-0.3, -0.25) is 0 Å². The van der Waals surface area contributed by atoms with Gasteiger partial charge in [-0.2, -0.15) is 13.2 Å². The molecule has 3 nitrogen and oxygen atoms in total. The van der Waals surface area contributed by atoms with E-state index >= 15 is 0 Å². The molecule has 0 bridgehead atoms. The third-order valence-corrected chi connectivity index (χ3v) is 1.96. The number of ether oxygens (including phenoxy) is 1. The SMILES string of the molecule is COc1c(C=CC(=O)O)cccc1C(F)(F)F. The number of halogens is 3. The summed E-state index contributed by atoms with van der Waals surface area (Å²) in [5.41, 5.74) is -0.878. The molecule has 1 N–H and O–H groups in total. The molecule has 0 heterocycles. The van der Waals surface area contributed by atoms with E-state index in [9.17, 15) is 18.0 Å². The standard InChI is InChI=1S/C11H9F3O3/c1-17-10-7(5-6-9(15)16)3-2-4-8(10)11(12,13)14/h2-6H,1H3,(H,15,16). The molecule has 0 unspecified atom stereocenters. The summed E-state index contributed by atoms with van der Waals surface area (Å²) < 4.78 is 42.5. The molecule has 0 saturated heterocycles. The molecule has 0 aliphatic carbocycles. The van der Waals surface area contributed by atoms with Crippen LogP contribution in [0.5, 0.6) is 5.75 Å². The predicted molar refractivity (Wildman–Crippen MR) is 54.7 cm³/mol. The van der Waals surface area contributed by atoms with Crippen molar-refractivity contribution in [2.75, 3.05) is 7.11 Å². The largest absolute Gasteiger partial charge is 0.495 e. The van der Waals surface area contributed by atoms with Crippen LogP contribution in [-0.4, -0.2) is 18.2 Å². The van der Waals surface area contributed by atoms with Gasteiger partial charge in [0.05, 0.1) is 12.7 Å². The van der Waals surface area contributed by atoms with Gasteiger partial charge in [0.1, 0.15) is 5.75 Å². The van der Waals surface area contributed by atoms with Crippen LogP contribution in [-0.2, 0) is 11.0 Å². The van der Waals surface area contributed by atoms with E-state index in [4.69, 9.17) is 5.11 Å². The topological polar surface area (TPSA) is 46.5 Å². The van der Waals surface area contributed by atoms with E-state index < -0.39 is 23.5 Å². The Kier molecular flexibility index (Phi) is 3.77. The van der Waals surface area contributed by atoms with Crippen molar-refractivity contribution in [1.29, 1.82) is 0 Å². The molecule has 6 heteroatoms. The van der Waals surface area contributed by atoms with Crippen LogP contribution < -0.4 is 4.74 Å². The molecule has 0 fully saturated rings. The third-order valence-electron chi connectivity index (χ3n) is 1.96. The minimum absolute atomic E-state index is 0.0599. The second-order valence-corrected chi connectivity index (χ2v) is 3.10. The van der Waals surface area contributed by atoms with Crippen LogP contribution in [0.2, 0.25) is 0 Å². The van der Waals surface area contributed by atoms with E-state index in [0.29, 0.717) is 0 Å². The minimum atomic E-state index is -4.54. The minimum Gasteiger partial charge on any atom is -0.495 e. The number of hydrogen-bond donors (Lipinski definition) is 1. The number of methoxy groups -OCH3 is 1. The van der Waals surface area contributed by atoms with Gasteiger partial charge < -0.3 is 9.84 Å². The van der Waals surface area contributed by atoms with Gasteiger partial charge in [-0.05, 0) is 12.1 Å². The highest BCUT2D eigenvalue weighted by atomic mass is 19.4. The van der Waals surface area contributed by atoms with Crippen LogP contribution in [0.4, 0.5) is 13.2 Å². The van der Waals surface area contributed by atoms with Crippen molar-refractivity contribution in [3.05, 3.63) is 35.4 Å². The molecule has 1 aromatic rings. The maximum Gasteiger partial charge on any atom is 0.419 e. The number of carbonyl (C=O) groups is 1. The second kappa shape index (κ2) is 4.90. The Balaban J connectivity index is 3.29. The summed E-state index contributed by atoms with van der Waals surface area (Å²) in [6.45, 7) is 0. The molecule has 0 aromatic heterocycles. The Morgan fingerprint density at radius 2 is 2.06 bits per heavy atom. The van der Waals surface area contributed by atoms with Crippen LogP contribution in [0.25, 0.3) is 6.08 Å². The normalized spacial score (nSPS) is 11.8. The zero-order valence-electron chi connectivity index (χ0n) is 8.78. The van der Waals surface area contributed by atoms with E-state index in [1.54, 1.807) is 0 Å².